The number of carbonyl (C=O) groups is 3. The lowest BCUT2D eigenvalue weighted by molar-refractivity contribution is -0.128. The second-order valence-electron chi connectivity index (χ2n) is 6.56. The minimum atomic E-state index is -0.607. The van der Waals surface area contributed by atoms with Crippen LogP contribution in [0, 0.1) is 12.8 Å². The molecule has 1 aliphatic rings. The first-order chi connectivity index (χ1) is 12.4. The maximum Gasteiger partial charge on any atom is 0.250 e. The molecule has 0 radical (unpaired) electrons. The van der Waals surface area contributed by atoms with Crippen molar-refractivity contribution >= 4 is 23.4 Å². The number of nitrogens with two attached hydrogens (primary N) is 1. The van der Waals surface area contributed by atoms with Gasteiger partial charge in [-0.3, -0.25) is 14.4 Å². The van der Waals surface area contributed by atoms with E-state index in [0.29, 0.717) is 18.8 Å². The number of nitrogens with one attached hydrogen (secondary N) is 1. The van der Waals surface area contributed by atoms with Gasteiger partial charge in [-0.05, 0) is 24.6 Å². The highest BCUT2D eigenvalue weighted by Gasteiger charge is 2.34. The molecule has 1 unspecified atom stereocenters. The van der Waals surface area contributed by atoms with Gasteiger partial charge in [0.25, 0.3) is 5.91 Å². The summed E-state index contributed by atoms with van der Waals surface area (Å²) >= 11 is 0. The number of amides is 3. The van der Waals surface area contributed by atoms with E-state index in [4.69, 9.17) is 5.73 Å². The maximum absolute atomic E-state index is 12.5. The van der Waals surface area contributed by atoms with Crippen molar-refractivity contribution in [2.75, 3.05) is 11.9 Å². The van der Waals surface area contributed by atoms with Crippen molar-refractivity contribution < 1.29 is 14.4 Å². The number of benzene rings is 2. The summed E-state index contributed by atoms with van der Waals surface area (Å²) < 4.78 is 0. The number of rotatable bonds is 5. The third kappa shape index (κ3) is 3.91. The van der Waals surface area contributed by atoms with Crippen LogP contribution in [0.2, 0.25) is 0 Å². The maximum atomic E-state index is 12.5. The summed E-state index contributed by atoms with van der Waals surface area (Å²) in [6, 6.07) is 14.5. The smallest absolute Gasteiger partial charge is 0.250 e. The van der Waals surface area contributed by atoms with Crippen molar-refractivity contribution in [1.29, 1.82) is 0 Å². The molecule has 134 valence electrons. The molecule has 6 heteroatoms. The van der Waals surface area contributed by atoms with Gasteiger partial charge in [0.1, 0.15) is 0 Å². The molecule has 6 nitrogen and oxygen atoms in total. The zero-order valence-corrected chi connectivity index (χ0v) is 14.6. The van der Waals surface area contributed by atoms with Crippen molar-refractivity contribution in [3.05, 3.63) is 65.2 Å². The first-order valence-electron chi connectivity index (χ1n) is 8.47. The Hall–Kier alpha value is -3.15. The van der Waals surface area contributed by atoms with Crippen LogP contribution >= 0.6 is 0 Å². The minimum Gasteiger partial charge on any atom is -0.366 e. The summed E-state index contributed by atoms with van der Waals surface area (Å²) in [6.07, 6.45) is 0.163. The van der Waals surface area contributed by atoms with E-state index in [2.05, 4.69) is 5.32 Å². The lowest BCUT2D eigenvalue weighted by atomic mass is 10.1. The van der Waals surface area contributed by atoms with Gasteiger partial charge in [0.15, 0.2) is 0 Å². The number of hydrogen-bond donors (Lipinski definition) is 2. The van der Waals surface area contributed by atoms with Gasteiger partial charge in [-0.15, -0.1) is 0 Å². The lowest BCUT2D eigenvalue weighted by Gasteiger charge is -2.17. The van der Waals surface area contributed by atoms with E-state index in [0.717, 1.165) is 11.1 Å². The molecule has 3 amide bonds. The molecule has 1 heterocycles. The van der Waals surface area contributed by atoms with Crippen molar-refractivity contribution in [3.8, 4) is 0 Å². The number of likely N-dealkylation sites (tertiary alicyclic amines) is 1. The molecular weight excluding hydrogens is 330 g/mol. The molecule has 0 aromatic heterocycles. The summed E-state index contributed by atoms with van der Waals surface area (Å²) in [6.45, 7) is 2.85. The second kappa shape index (κ2) is 7.39. The Balaban J connectivity index is 1.65. The summed E-state index contributed by atoms with van der Waals surface area (Å²) in [4.78, 5) is 37.9. The summed E-state index contributed by atoms with van der Waals surface area (Å²) in [5.41, 5.74) is 8.14. The molecule has 2 aromatic rings. The molecule has 0 saturated carbocycles. The number of anilines is 1. The molecular formula is C20H21N3O3. The van der Waals surface area contributed by atoms with Gasteiger partial charge in [-0.2, -0.15) is 0 Å². The minimum absolute atomic E-state index is 0.0473. The molecule has 2 aromatic carbocycles. The van der Waals surface area contributed by atoms with E-state index in [1.807, 2.05) is 31.2 Å². The monoisotopic (exact) mass is 351 g/mol. The molecule has 1 saturated heterocycles. The fraction of sp³-hybridized carbons (Fsp3) is 0.250. The van der Waals surface area contributed by atoms with Gasteiger partial charge >= 0.3 is 0 Å². The Bertz CT molecular complexity index is 846. The van der Waals surface area contributed by atoms with Gasteiger partial charge in [-0.1, -0.05) is 42.0 Å². The Morgan fingerprint density at radius 2 is 1.85 bits per heavy atom. The molecule has 3 rings (SSSR count). The van der Waals surface area contributed by atoms with Gasteiger partial charge in [0, 0.05) is 19.5 Å². The van der Waals surface area contributed by atoms with Crippen molar-refractivity contribution in [1.82, 2.24) is 4.90 Å². The lowest BCUT2D eigenvalue weighted by Crippen LogP contribution is -2.28. The fourth-order valence-electron chi connectivity index (χ4n) is 3.06. The fourth-order valence-corrected chi connectivity index (χ4v) is 3.06. The Kier molecular flexibility index (Phi) is 5.02. The van der Waals surface area contributed by atoms with Crippen LogP contribution in [0.25, 0.3) is 0 Å². The summed E-state index contributed by atoms with van der Waals surface area (Å²) in [7, 11) is 0. The summed E-state index contributed by atoms with van der Waals surface area (Å²) in [5, 5.41) is 2.73. The van der Waals surface area contributed by atoms with Gasteiger partial charge < -0.3 is 16.0 Å². The quantitative estimate of drug-likeness (QED) is 0.864. The standard InChI is InChI=1S/C20H21N3O3/c1-13-6-8-14(9-7-13)11-23-12-15(10-18(23)24)20(26)22-17-5-3-2-4-16(17)19(21)25/h2-9,15H,10-12H2,1H3,(H2,21,25)(H,22,26). The number of primary amides is 1. The highest BCUT2D eigenvalue weighted by atomic mass is 16.2. The van der Waals surface area contributed by atoms with Crippen LogP contribution in [0.3, 0.4) is 0 Å². The first kappa shape index (κ1) is 17.7. The average molecular weight is 351 g/mol. The van der Waals surface area contributed by atoms with E-state index in [9.17, 15) is 14.4 Å². The van der Waals surface area contributed by atoms with E-state index in [1.165, 1.54) is 0 Å². The topological polar surface area (TPSA) is 92.5 Å². The molecule has 1 atom stereocenters. The third-order valence-electron chi connectivity index (χ3n) is 4.53. The second-order valence-corrected chi connectivity index (χ2v) is 6.56. The van der Waals surface area contributed by atoms with E-state index in [-0.39, 0.29) is 23.8 Å². The third-order valence-corrected chi connectivity index (χ3v) is 4.53. The van der Waals surface area contributed by atoms with Crippen LogP contribution < -0.4 is 11.1 Å². The zero-order valence-electron chi connectivity index (χ0n) is 14.6. The molecule has 0 bridgehead atoms. The number of para-hydroxylation sites is 1. The van der Waals surface area contributed by atoms with Crippen molar-refractivity contribution in [2.45, 2.75) is 19.9 Å². The van der Waals surface area contributed by atoms with Crippen LogP contribution in [-0.4, -0.2) is 29.2 Å². The number of aryl methyl sites for hydroxylation is 1. The Labute approximate surface area is 152 Å². The van der Waals surface area contributed by atoms with E-state index in [1.54, 1.807) is 29.2 Å². The van der Waals surface area contributed by atoms with E-state index >= 15 is 0 Å². The van der Waals surface area contributed by atoms with Crippen LogP contribution in [0.4, 0.5) is 5.69 Å². The first-order valence-corrected chi connectivity index (χ1v) is 8.47. The molecule has 0 aliphatic carbocycles. The van der Waals surface area contributed by atoms with Gasteiger partial charge in [0.05, 0.1) is 17.2 Å². The van der Waals surface area contributed by atoms with Crippen molar-refractivity contribution in [2.24, 2.45) is 11.7 Å². The van der Waals surface area contributed by atoms with Gasteiger partial charge in [0.2, 0.25) is 11.8 Å². The highest BCUT2D eigenvalue weighted by molar-refractivity contribution is 6.04. The number of hydrogen-bond acceptors (Lipinski definition) is 3. The zero-order chi connectivity index (χ0) is 18.7. The number of carbonyl (C=O) groups excluding carboxylic acids is 3. The van der Waals surface area contributed by atoms with Crippen LogP contribution in [0.5, 0.6) is 0 Å². The highest BCUT2D eigenvalue weighted by Crippen LogP contribution is 2.23. The van der Waals surface area contributed by atoms with Gasteiger partial charge in [-0.25, -0.2) is 0 Å². The Morgan fingerprint density at radius 3 is 2.54 bits per heavy atom. The molecule has 1 fully saturated rings. The number of nitrogens with zero attached hydrogens (tertiary/aromatic N) is 1. The Morgan fingerprint density at radius 1 is 1.15 bits per heavy atom. The van der Waals surface area contributed by atoms with E-state index < -0.39 is 11.8 Å². The normalized spacial score (nSPS) is 16.6. The van der Waals surface area contributed by atoms with Crippen LogP contribution in [-0.2, 0) is 16.1 Å². The van der Waals surface area contributed by atoms with Crippen molar-refractivity contribution in [3.63, 3.8) is 0 Å². The molecule has 0 spiro atoms. The average Bonchev–Trinajstić information content (AvgIpc) is 2.98. The summed E-state index contributed by atoms with van der Waals surface area (Å²) in [5.74, 6) is -1.38. The SMILES string of the molecule is Cc1ccc(CN2CC(C(=O)Nc3ccccc3C(N)=O)CC2=O)cc1. The van der Waals surface area contributed by atoms with Crippen LogP contribution in [0.1, 0.15) is 27.9 Å². The van der Waals surface area contributed by atoms with Crippen LogP contribution in [0.15, 0.2) is 48.5 Å². The predicted octanol–water partition coefficient (Wildman–Crippen LogP) is 2.08. The molecule has 3 N–H and O–H groups in total. The molecule has 26 heavy (non-hydrogen) atoms. The largest absolute Gasteiger partial charge is 0.366 e. The molecule has 1 aliphatic heterocycles. The predicted molar refractivity (Wildman–Crippen MR) is 98.3 cm³/mol.